The molecule has 248 valence electrons. The molecular formula is C29H34BrN5O11. The summed E-state index contributed by atoms with van der Waals surface area (Å²) in [7, 11) is 1.38. The van der Waals surface area contributed by atoms with Gasteiger partial charge in [0.25, 0.3) is 11.8 Å². The summed E-state index contributed by atoms with van der Waals surface area (Å²) in [5.41, 5.74) is 1.46. The lowest BCUT2D eigenvalue weighted by Crippen LogP contribution is -2.47. The number of rotatable bonds is 11. The number of esters is 4. The first-order valence-corrected chi connectivity index (χ1v) is 14.9. The molecule has 0 unspecified atom stereocenters. The second kappa shape index (κ2) is 15.7. The van der Waals surface area contributed by atoms with Gasteiger partial charge in [-0.3, -0.25) is 34.2 Å². The maximum atomic E-state index is 13.6. The van der Waals surface area contributed by atoms with Crippen molar-refractivity contribution in [2.75, 3.05) is 20.2 Å². The molecule has 17 heteroatoms. The topological polar surface area (TPSA) is 193 Å². The van der Waals surface area contributed by atoms with Gasteiger partial charge in [0.05, 0.1) is 15.7 Å². The van der Waals surface area contributed by atoms with Crippen molar-refractivity contribution < 1.29 is 52.5 Å². The van der Waals surface area contributed by atoms with Gasteiger partial charge in [-0.1, -0.05) is 0 Å². The molecule has 0 aliphatic carbocycles. The molecule has 2 heterocycles. The molecule has 3 rings (SSSR count). The van der Waals surface area contributed by atoms with Crippen LogP contribution < -0.4 is 0 Å². The fourth-order valence-corrected chi connectivity index (χ4v) is 4.59. The number of nitrogens with zero attached hydrogens (tertiary/aromatic N) is 5. The van der Waals surface area contributed by atoms with E-state index in [1.807, 2.05) is 0 Å². The number of halogens is 1. The standard InChI is InChI=1S/C29H34BrN5O11/c1-14(42-7)24(37)34-12-13-35(29(34)33-20-8-9-21-23(22(20)30)32-11-10-31-21)25(38)15(2)44-27(40)17(4)46-28(41)18(5)45-26(39)16(3)43-19(6)36/h8-11,14-18H,12-13H2,1-7H3/b33-29+/t14-,15-,16-,17-,18-/m0/s1. The van der Waals surface area contributed by atoms with E-state index >= 15 is 0 Å². The number of carbonyl (C=O) groups is 6. The van der Waals surface area contributed by atoms with Crippen molar-refractivity contribution in [2.24, 2.45) is 4.99 Å². The maximum Gasteiger partial charge on any atom is 0.347 e. The Labute approximate surface area is 272 Å². The third kappa shape index (κ3) is 8.60. The molecule has 1 saturated heterocycles. The first kappa shape index (κ1) is 36.0. The van der Waals surface area contributed by atoms with Crippen molar-refractivity contribution >= 4 is 74.3 Å². The molecule has 0 bridgehead atoms. The summed E-state index contributed by atoms with van der Waals surface area (Å²) in [6.45, 7) is 7.78. The van der Waals surface area contributed by atoms with Gasteiger partial charge in [-0.2, -0.15) is 0 Å². The third-order valence-corrected chi connectivity index (χ3v) is 7.39. The molecule has 1 aromatic carbocycles. The van der Waals surface area contributed by atoms with E-state index in [1.54, 1.807) is 25.3 Å². The Bertz CT molecular complexity index is 1550. The van der Waals surface area contributed by atoms with Crippen LogP contribution in [0.25, 0.3) is 11.0 Å². The minimum atomic E-state index is -1.49. The van der Waals surface area contributed by atoms with Gasteiger partial charge in [-0.25, -0.2) is 19.4 Å². The van der Waals surface area contributed by atoms with Gasteiger partial charge in [-0.05, 0) is 62.7 Å². The average Bonchev–Trinajstić information content (AvgIpc) is 3.43. The predicted molar refractivity (Wildman–Crippen MR) is 162 cm³/mol. The highest BCUT2D eigenvalue weighted by Crippen LogP contribution is 2.32. The Balaban J connectivity index is 1.75. The van der Waals surface area contributed by atoms with Crippen molar-refractivity contribution in [3.8, 4) is 0 Å². The van der Waals surface area contributed by atoms with E-state index in [-0.39, 0.29) is 19.0 Å². The lowest BCUT2D eigenvalue weighted by Gasteiger charge is -2.25. The number of methoxy groups -OCH3 is 1. The summed E-state index contributed by atoms with van der Waals surface area (Å²) >= 11 is 3.48. The van der Waals surface area contributed by atoms with Gasteiger partial charge in [-0.15, -0.1) is 0 Å². The lowest BCUT2D eigenvalue weighted by molar-refractivity contribution is -0.183. The molecule has 1 fully saturated rings. The second-order valence-corrected chi connectivity index (χ2v) is 10.9. The Morgan fingerprint density at radius 2 is 1.22 bits per heavy atom. The van der Waals surface area contributed by atoms with Crippen LogP contribution in [-0.4, -0.2) is 112 Å². The van der Waals surface area contributed by atoms with E-state index < -0.39 is 66.2 Å². The zero-order valence-corrected chi connectivity index (χ0v) is 27.8. The predicted octanol–water partition coefficient (Wildman–Crippen LogP) is 1.83. The number of hydrogen-bond donors (Lipinski definition) is 0. The number of fused-ring (bicyclic) bond motifs is 1. The molecule has 1 aliphatic heterocycles. The monoisotopic (exact) mass is 707 g/mol. The molecule has 1 aliphatic rings. The third-order valence-electron chi connectivity index (χ3n) is 6.61. The fourth-order valence-electron chi connectivity index (χ4n) is 4.06. The van der Waals surface area contributed by atoms with E-state index in [2.05, 4.69) is 30.9 Å². The van der Waals surface area contributed by atoms with Gasteiger partial charge in [0.15, 0.2) is 24.4 Å². The van der Waals surface area contributed by atoms with E-state index in [0.717, 1.165) is 6.92 Å². The number of carbonyl (C=O) groups excluding carboxylic acids is 6. The number of guanidine groups is 1. The zero-order chi connectivity index (χ0) is 34.3. The summed E-state index contributed by atoms with van der Waals surface area (Å²) in [5, 5.41) is 0. The molecule has 16 nitrogen and oxygen atoms in total. The highest BCUT2D eigenvalue weighted by atomic mass is 79.9. The molecule has 46 heavy (non-hydrogen) atoms. The zero-order valence-electron chi connectivity index (χ0n) is 26.2. The van der Waals surface area contributed by atoms with Gasteiger partial charge >= 0.3 is 23.9 Å². The van der Waals surface area contributed by atoms with Crippen molar-refractivity contribution in [2.45, 2.75) is 72.1 Å². The normalized spacial score (nSPS) is 17.1. The molecule has 2 aromatic rings. The SMILES string of the molecule is CO[C@@H](C)C(=O)N1CCN(C(=O)[C@H](C)OC(=O)[C@H](C)OC(=O)[C@H](C)OC(=O)[C@H](C)OC(C)=O)/C1=N/c1ccc2nccnc2c1Br. The van der Waals surface area contributed by atoms with Gasteiger partial charge in [0.2, 0.25) is 5.96 Å². The summed E-state index contributed by atoms with van der Waals surface area (Å²) in [6, 6.07) is 3.33. The van der Waals surface area contributed by atoms with Crippen LogP contribution in [0.1, 0.15) is 41.5 Å². The lowest BCUT2D eigenvalue weighted by atomic mass is 10.2. The van der Waals surface area contributed by atoms with Crippen molar-refractivity contribution in [3.05, 3.63) is 29.0 Å². The van der Waals surface area contributed by atoms with Crippen LogP contribution >= 0.6 is 15.9 Å². The number of ether oxygens (including phenoxy) is 5. The van der Waals surface area contributed by atoms with E-state index in [9.17, 15) is 28.8 Å². The van der Waals surface area contributed by atoms with Crippen LogP contribution in [0.15, 0.2) is 34.0 Å². The molecule has 1 aromatic heterocycles. The molecule has 2 amide bonds. The van der Waals surface area contributed by atoms with Crippen molar-refractivity contribution in [1.29, 1.82) is 0 Å². The summed E-state index contributed by atoms with van der Waals surface area (Å²) < 4.78 is 25.6. The Kier molecular flexibility index (Phi) is 12.2. The van der Waals surface area contributed by atoms with E-state index in [1.165, 1.54) is 50.8 Å². The van der Waals surface area contributed by atoms with Crippen LogP contribution in [0, 0.1) is 0 Å². The van der Waals surface area contributed by atoms with Crippen LogP contribution in [0.2, 0.25) is 0 Å². The second-order valence-electron chi connectivity index (χ2n) is 10.1. The van der Waals surface area contributed by atoms with Crippen LogP contribution in [0.3, 0.4) is 0 Å². The quantitative estimate of drug-likeness (QED) is 0.243. The van der Waals surface area contributed by atoms with Gasteiger partial charge in [0, 0.05) is 39.5 Å². The van der Waals surface area contributed by atoms with Gasteiger partial charge in [0.1, 0.15) is 11.6 Å². The smallest absolute Gasteiger partial charge is 0.347 e. The minimum absolute atomic E-state index is 0.0242. The maximum absolute atomic E-state index is 13.6. The molecule has 0 spiro atoms. The fraction of sp³-hybridized carbons (Fsp3) is 0.483. The van der Waals surface area contributed by atoms with Gasteiger partial charge < -0.3 is 23.7 Å². The summed E-state index contributed by atoms with van der Waals surface area (Å²) in [4.78, 5) is 90.6. The number of amides is 2. The Hall–Kier alpha value is -4.51. The van der Waals surface area contributed by atoms with E-state index in [4.69, 9.17) is 23.7 Å². The largest absolute Gasteiger partial charge is 0.451 e. The van der Waals surface area contributed by atoms with E-state index in [0.29, 0.717) is 21.2 Å². The highest BCUT2D eigenvalue weighted by molar-refractivity contribution is 9.10. The number of hydrogen-bond acceptors (Lipinski definition) is 14. The van der Waals surface area contributed by atoms with Crippen LogP contribution in [0.5, 0.6) is 0 Å². The first-order valence-electron chi connectivity index (χ1n) is 14.1. The first-order chi connectivity index (χ1) is 21.7. The average molecular weight is 709 g/mol. The Morgan fingerprint density at radius 3 is 1.74 bits per heavy atom. The molecule has 5 atom stereocenters. The minimum Gasteiger partial charge on any atom is -0.451 e. The van der Waals surface area contributed by atoms with Crippen LogP contribution in [-0.2, 0) is 52.5 Å². The molecule has 0 radical (unpaired) electrons. The molecule has 0 N–H and O–H groups in total. The van der Waals surface area contributed by atoms with Crippen molar-refractivity contribution in [3.63, 3.8) is 0 Å². The summed E-state index contributed by atoms with van der Waals surface area (Å²) in [5.74, 6) is -5.02. The highest BCUT2D eigenvalue weighted by Gasteiger charge is 2.40. The molecule has 0 saturated carbocycles. The van der Waals surface area contributed by atoms with Crippen LogP contribution in [0.4, 0.5) is 5.69 Å². The number of benzene rings is 1. The number of aromatic nitrogens is 2. The number of aliphatic imine (C=N–C) groups is 1. The molecular weight excluding hydrogens is 674 g/mol. The Morgan fingerprint density at radius 1 is 0.739 bits per heavy atom. The van der Waals surface area contributed by atoms with Crippen molar-refractivity contribution in [1.82, 2.24) is 19.8 Å². The summed E-state index contributed by atoms with van der Waals surface area (Å²) in [6.07, 6.45) is -3.37.